The van der Waals surface area contributed by atoms with Crippen LogP contribution in [0.15, 0.2) is 18.5 Å². The van der Waals surface area contributed by atoms with Gasteiger partial charge in [-0.1, -0.05) is 6.92 Å². The first-order valence-electron chi connectivity index (χ1n) is 8.19. The molecular weight excluding hydrogens is 280 g/mol. The molecule has 2 amide bonds. The van der Waals surface area contributed by atoms with Crippen LogP contribution in [0.25, 0.3) is 0 Å². The van der Waals surface area contributed by atoms with Gasteiger partial charge in [0.2, 0.25) is 0 Å². The molecule has 1 heterocycles. The number of aliphatic hydroxyl groups is 1. The maximum Gasteiger partial charge on any atom is 0.317 e. The number of hydrogen-bond donors (Lipinski definition) is 2. The van der Waals surface area contributed by atoms with Crippen LogP contribution in [-0.4, -0.2) is 52.1 Å². The molecule has 0 aromatic carbocycles. The normalized spacial score (nSPS) is 23.0. The Kier molecular flexibility index (Phi) is 6.24. The summed E-state index contributed by atoms with van der Waals surface area (Å²) >= 11 is 0. The fourth-order valence-electron chi connectivity index (χ4n) is 3.06. The summed E-state index contributed by atoms with van der Waals surface area (Å²) in [7, 11) is 1.87. The molecule has 2 rings (SSSR count). The SMILES string of the molecule is CC(CNC(=O)N(C)C1CCC(CO)CC1)Cn1cccn1. The molecule has 1 atom stereocenters. The molecule has 6 heteroatoms. The van der Waals surface area contributed by atoms with Gasteiger partial charge in [0.1, 0.15) is 0 Å². The van der Waals surface area contributed by atoms with Gasteiger partial charge in [0.15, 0.2) is 0 Å². The lowest BCUT2D eigenvalue weighted by molar-refractivity contribution is 0.133. The third kappa shape index (κ3) is 4.73. The van der Waals surface area contributed by atoms with Crippen molar-refractivity contribution in [2.45, 2.75) is 45.2 Å². The van der Waals surface area contributed by atoms with Crippen molar-refractivity contribution in [3.8, 4) is 0 Å². The first-order chi connectivity index (χ1) is 10.6. The van der Waals surface area contributed by atoms with E-state index in [1.807, 2.05) is 28.9 Å². The second-order valence-corrected chi connectivity index (χ2v) is 6.49. The summed E-state index contributed by atoms with van der Waals surface area (Å²) in [6.07, 6.45) is 7.69. The molecule has 1 fully saturated rings. The number of amides is 2. The van der Waals surface area contributed by atoms with Crippen molar-refractivity contribution in [1.82, 2.24) is 20.0 Å². The monoisotopic (exact) mass is 308 g/mol. The summed E-state index contributed by atoms with van der Waals surface area (Å²) in [6, 6.07) is 2.20. The van der Waals surface area contributed by atoms with Crippen LogP contribution in [-0.2, 0) is 6.54 Å². The molecule has 1 aromatic heterocycles. The smallest absolute Gasteiger partial charge is 0.317 e. The van der Waals surface area contributed by atoms with Gasteiger partial charge in [0.25, 0.3) is 0 Å². The van der Waals surface area contributed by atoms with Crippen LogP contribution in [0.2, 0.25) is 0 Å². The number of aliphatic hydroxyl groups excluding tert-OH is 1. The molecule has 2 N–H and O–H groups in total. The molecule has 1 aliphatic rings. The first kappa shape index (κ1) is 16.8. The summed E-state index contributed by atoms with van der Waals surface area (Å²) in [5, 5.41) is 16.4. The number of urea groups is 1. The van der Waals surface area contributed by atoms with Crippen molar-refractivity contribution in [1.29, 1.82) is 0 Å². The van der Waals surface area contributed by atoms with Crippen LogP contribution in [0.5, 0.6) is 0 Å². The van der Waals surface area contributed by atoms with E-state index in [0.717, 1.165) is 32.2 Å². The van der Waals surface area contributed by atoms with Gasteiger partial charge in [-0.2, -0.15) is 5.10 Å². The number of carbonyl (C=O) groups excluding carboxylic acids is 1. The van der Waals surface area contributed by atoms with Crippen molar-refractivity contribution >= 4 is 6.03 Å². The van der Waals surface area contributed by atoms with Crippen LogP contribution in [0, 0.1) is 11.8 Å². The van der Waals surface area contributed by atoms with E-state index in [9.17, 15) is 9.90 Å². The van der Waals surface area contributed by atoms with Crippen molar-refractivity contribution in [2.75, 3.05) is 20.2 Å². The summed E-state index contributed by atoms with van der Waals surface area (Å²) in [4.78, 5) is 14.1. The second-order valence-electron chi connectivity index (χ2n) is 6.49. The van der Waals surface area contributed by atoms with Gasteiger partial charge in [-0.15, -0.1) is 0 Å². The summed E-state index contributed by atoms with van der Waals surface area (Å²) in [5.41, 5.74) is 0. The maximum absolute atomic E-state index is 12.2. The third-order valence-corrected chi connectivity index (χ3v) is 4.60. The van der Waals surface area contributed by atoms with Gasteiger partial charge in [-0.25, -0.2) is 4.79 Å². The number of aromatic nitrogens is 2. The van der Waals surface area contributed by atoms with E-state index >= 15 is 0 Å². The topological polar surface area (TPSA) is 70.4 Å². The van der Waals surface area contributed by atoms with E-state index in [1.54, 1.807) is 6.20 Å². The van der Waals surface area contributed by atoms with Crippen molar-refractivity contribution < 1.29 is 9.90 Å². The van der Waals surface area contributed by atoms with Gasteiger partial charge in [0.05, 0.1) is 0 Å². The third-order valence-electron chi connectivity index (χ3n) is 4.60. The highest BCUT2D eigenvalue weighted by molar-refractivity contribution is 5.74. The van der Waals surface area contributed by atoms with E-state index in [4.69, 9.17) is 0 Å². The van der Waals surface area contributed by atoms with Crippen LogP contribution in [0.3, 0.4) is 0 Å². The molecule has 124 valence electrons. The van der Waals surface area contributed by atoms with Gasteiger partial charge >= 0.3 is 6.03 Å². The standard InChI is InChI=1S/C16H28N4O2/c1-13(11-20-9-3-8-18-20)10-17-16(22)19(2)15-6-4-14(12-21)5-7-15/h3,8-9,13-15,21H,4-7,10-12H2,1-2H3,(H,17,22). The summed E-state index contributed by atoms with van der Waals surface area (Å²) in [5.74, 6) is 0.754. The average Bonchev–Trinajstić information content (AvgIpc) is 3.05. The minimum Gasteiger partial charge on any atom is -0.396 e. The molecule has 6 nitrogen and oxygen atoms in total. The molecule has 1 aliphatic carbocycles. The van der Waals surface area contributed by atoms with Crippen LogP contribution in [0.1, 0.15) is 32.6 Å². The van der Waals surface area contributed by atoms with E-state index in [2.05, 4.69) is 17.3 Å². The first-order valence-corrected chi connectivity index (χ1v) is 8.19. The quantitative estimate of drug-likeness (QED) is 0.840. The van der Waals surface area contributed by atoms with Crippen LogP contribution < -0.4 is 5.32 Å². The fraction of sp³-hybridized carbons (Fsp3) is 0.750. The highest BCUT2D eigenvalue weighted by atomic mass is 16.3. The zero-order valence-electron chi connectivity index (χ0n) is 13.6. The molecule has 0 radical (unpaired) electrons. The lowest BCUT2D eigenvalue weighted by atomic mass is 9.86. The Morgan fingerprint density at radius 1 is 1.45 bits per heavy atom. The van der Waals surface area contributed by atoms with Gasteiger partial charge < -0.3 is 15.3 Å². The Bertz CT molecular complexity index is 441. The molecule has 0 bridgehead atoms. The van der Waals surface area contributed by atoms with E-state index < -0.39 is 0 Å². The minimum absolute atomic E-state index is 0.000219. The predicted molar refractivity (Wildman–Crippen MR) is 85.4 cm³/mol. The second kappa shape index (κ2) is 8.17. The molecule has 0 aliphatic heterocycles. The fourth-order valence-corrected chi connectivity index (χ4v) is 3.06. The Balaban J connectivity index is 1.70. The number of nitrogens with zero attached hydrogens (tertiary/aromatic N) is 3. The Morgan fingerprint density at radius 2 is 2.18 bits per heavy atom. The van der Waals surface area contributed by atoms with E-state index in [1.165, 1.54) is 0 Å². The zero-order valence-corrected chi connectivity index (χ0v) is 13.6. The van der Waals surface area contributed by atoms with E-state index in [0.29, 0.717) is 24.4 Å². The molecule has 22 heavy (non-hydrogen) atoms. The molecule has 0 saturated heterocycles. The number of hydrogen-bond acceptors (Lipinski definition) is 3. The predicted octanol–water partition coefficient (Wildman–Crippen LogP) is 1.71. The lowest BCUT2D eigenvalue weighted by Crippen LogP contribution is -2.46. The highest BCUT2D eigenvalue weighted by Crippen LogP contribution is 2.26. The highest BCUT2D eigenvalue weighted by Gasteiger charge is 2.26. The molecule has 1 unspecified atom stereocenters. The van der Waals surface area contributed by atoms with E-state index in [-0.39, 0.29) is 12.6 Å². The largest absolute Gasteiger partial charge is 0.396 e. The molecule has 1 saturated carbocycles. The number of carbonyl (C=O) groups is 1. The zero-order chi connectivity index (χ0) is 15.9. The lowest BCUT2D eigenvalue weighted by Gasteiger charge is -2.34. The maximum atomic E-state index is 12.2. The number of nitrogens with one attached hydrogen (secondary N) is 1. The molecule has 0 spiro atoms. The minimum atomic E-state index is -0.000219. The van der Waals surface area contributed by atoms with Crippen molar-refractivity contribution in [3.05, 3.63) is 18.5 Å². The number of rotatable bonds is 6. The summed E-state index contributed by atoms with van der Waals surface area (Å²) in [6.45, 7) is 3.83. The van der Waals surface area contributed by atoms with Crippen molar-refractivity contribution in [2.24, 2.45) is 11.8 Å². The van der Waals surface area contributed by atoms with Gasteiger partial charge in [0, 0.05) is 45.2 Å². The molecule has 1 aromatic rings. The van der Waals surface area contributed by atoms with Crippen LogP contribution >= 0.6 is 0 Å². The Labute approximate surface area is 132 Å². The van der Waals surface area contributed by atoms with Gasteiger partial charge in [-0.3, -0.25) is 4.68 Å². The van der Waals surface area contributed by atoms with Gasteiger partial charge in [-0.05, 0) is 43.6 Å². The average molecular weight is 308 g/mol. The van der Waals surface area contributed by atoms with Crippen LogP contribution in [0.4, 0.5) is 4.79 Å². The van der Waals surface area contributed by atoms with Crippen molar-refractivity contribution in [3.63, 3.8) is 0 Å². The Hall–Kier alpha value is -1.56. The molecular formula is C16H28N4O2. The summed E-state index contributed by atoms with van der Waals surface area (Å²) < 4.78 is 1.89. The Morgan fingerprint density at radius 3 is 2.77 bits per heavy atom.